The number of nitrogens with zero attached hydrogens (tertiary/aromatic N) is 3. The topological polar surface area (TPSA) is 52.0 Å². The van der Waals surface area contributed by atoms with Crippen molar-refractivity contribution in [2.24, 2.45) is 0 Å². The summed E-state index contributed by atoms with van der Waals surface area (Å²) in [6.45, 7) is 0. The third kappa shape index (κ3) is 3.04. The minimum atomic E-state index is -0.668. The van der Waals surface area contributed by atoms with Gasteiger partial charge in [-0.1, -0.05) is 57.9 Å². The summed E-state index contributed by atoms with van der Waals surface area (Å²) in [5, 5.41) is 8.45. The normalized spacial score (nSPS) is 18.8. The number of fused-ring (bicyclic) bond motifs is 3. The van der Waals surface area contributed by atoms with Crippen LogP contribution in [0.1, 0.15) is 28.8 Å². The highest BCUT2D eigenvalue weighted by Crippen LogP contribution is 2.51. The molecule has 0 saturated heterocycles. The first-order chi connectivity index (χ1) is 15.6. The maximum atomic E-state index is 15.0. The molecule has 0 radical (unpaired) electrons. The Labute approximate surface area is 196 Å². The van der Waals surface area contributed by atoms with E-state index in [1.807, 2.05) is 42.5 Å². The van der Waals surface area contributed by atoms with Crippen LogP contribution in [-0.2, 0) is 0 Å². The smallest absolute Gasteiger partial charge is 0.226 e. The quantitative estimate of drug-likeness (QED) is 0.340. The highest BCUT2D eigenvalue weighted by molar-refractivity contribution is 9.10. The van der Waals surface area contributed by atoms with Gasteiger partial charge in [0.15, 0.2) is 6.10 Å². The van der Waals surface area contributed by atoms with Crippen LogP contribution in [0.4, 0.5) is 10.3 Å². The lowest BCUT2D eigenvalue weighted by Crippen LogP contribution is -2.32. The molecule has 32 heavy (non-hydrogen) atoms. The number of aromatic nitrogens is 3. The van der Waals surface area contributed by atoms with Crippen molar-refractivity contribution in [2.75, 3.05) is 5.32 Å². The number of hydrogen-bond donors (Lipinski definition) is 1. The summed E-state index contributed by atoms with van der Waals surface area (Å²) < 4.78 is 24.2. The molecule has 2 atom stereocenters. The lowest BCUT2D eigenvalue weighted by Gasteiger charge is -2.39. The Balaban J connectivity index is 1.65. The van der Waals surface area contributed by atoms with Gasteiger partial charge in [0.1, 0.15) is 23.9 Å². The Kier molecular flexibility index (Phi) is 4.55. The van der Waals surface area contributed by atoms with E-state index >= 15 is 4.39 Å². The lowest BCUT2D eigenvalue weighted by atomic mass is 9.84. The zero-order chi connectivity index (χ0) is 21.8. The Morgan fingerprint density at radius 2 is 1.88 bits per heavy atom. The first-order valence-corrected chi connectivity index (χ1v) is 11.1. The largest absolute Gasteiger partial charge is 0.480 e. The fraction of sp³-hybridized carbons (Fsp3) is 0.0833. The standard InChI is InChI=1S/C24H15BrClFN4O/c25-14-7-5-13(6-8-14)22-20-21(30-24-28-12-29-31(22)24)17-11-15(26)9-10-19(17)32-23(20)16-3-1-2-4-18(16)27/h1-12,22-23H,(H,28,29,30)/t22-,23-/m1/s1. The number of rotatable bonds is 2. The second-order valence-corrected chi connectivity index (χ2v) is 8.95. The molecule has 3 aromatic carbocycles. The van der Waals surface area contributed by atoms with Crippen molar-refractivity contribution in [3.63, 3.8) is 0 Å². The summed E-state index contributed by atoms with van der Waals surface area (Å²) in [5.41, 5.74) is 3.87. The summed E-state index contributed by atoms with van der Waals surface area (Å²) in [6.07, 6.45) is 0.836. The van der Waals surface area contributed by atoms with E-state index in [0.29, 0.717) is 22.3 Å². The molecule has 4 aromatic rings. The van der Waals surface area contributed by atoms with Gasteiger partial charge in [-0.3, -0.25) is 0 Å². The van der Waals surface area contributed by atoms with E-state index < -0.39 is 6.10 Å². The van der Waals surface area contributed by atoms with Crippen molar-refractivity contribution in [3.05, 3.63) is 111 Å². The Hall–Kier alpha value is -3.16. The zero-order valence-electron chi connectivity index (χ0n) is 16.5. The van der Waals surface area contributed by atoms with Crippen LogP contribution in [0.2, 0.25) is 5.02 Å². The molecule has 0 spiro atoms. The molecule has 1 aromatic heterocycles. The average Bonchev–Trinajstić information content (AvgIpc) is 3.27. The van der Waals surface area contributed by atoms with Crippen molar-refractivity contribution in [1.29, 1.82) is 0 Å². The number of ether oxygens (including phenoxy) is 1. The maximum absolute atomic E-state index is 15.0. The van der Waals surface area contributed by atoms with Gasteiger partial charge in [-0.25, -0.2) is 9.07 Å². The summed E-state index contributed by atoms with van der Waals surface area (Å²) in [6, 6.07) is 19.7. The van der Waals surface area contributed by atoms with E-state index in [0.717, 1.165) is 26.9 Å². The number of nitrogens with one attached hydrogen (secondary N) is 1. The molecule has 0 amide bonds. The molecule has 2 aliphatic rings. The SMILES string of the molecule is Fc1ccccc1[C@H]1Oc2ccc(Cl)cc2C2=C1[C@@H](c1ccc(Br)cc1)n1ncnc1N2. The first kappa shape index (κ1) is 19.5. The molecule has 3 heterocycles. The third-order valence-electron chi connectivity index (χ3n) is 5.75. The molecule has 6 rings (SSSR count). The van der Waals surface area contributed by atoms with Gasteiger partial charge in [0.25, 0.3) is 0 Å². The van der Waals surface area contributed by atoms with Crippen LogP contribution in [0.15, 0.2) is 83.1 Å². The molecule has 0 bridgehead atoms. The van der Waals surface area contributed by atoms with Crippen LogP contribution in [0.5, 0.6) is 5.75 Å². The highest BCUT2D eigenvalue weighted by Gasteiger charge is 2.41. The van der Waals surface area contributed by atoms with Crippen molar-refractivity contribution in [2.45, 2.75) is 12.1 Å². The average molecular weight is 510 g/mol. The number of halogens is 3. The fourth-order valence-corrected chi connectivity index (χ4v) is 4.79. The van der Waals surface area contributed by atoms with Crippen LogP contribution >= 0.6 is 27.5 Å². The van der Waals surface area contributed by atoms with Gasteiger partial charge >= 0.3 is 0 Å². The molecule has 0 unspecified atom stereocenters. The van der Waals surface area contributed by atoms with Crippen LogP contribution in [0.25, 0.3) is 5.70 Å². The van der Waals surface area contributed by atoms with Crippen molar-refractivity contribution < 1.29 is 9.13 Å². The van der Waals surface area contributed by atoms with Gasteiger partial charge in [-0.15, -0.1) is 0 Å². The van der Waals surface area contributed by atoms with E-state index in [-0.39, 0.29) is 11.9 Å². The monoisotopic (exact) mass is 508 g/mol. The Morgan fingerprint density at radius 3 is 2.69 bits per heavy atom. The number of anilines is 1. The molecule has 2 aliphatic heterocycles. The van der Waals surface area contributed by atoms with Crippen LogP contribution in [0, 0.1) is 5.82 Å². The number of hydrogen-bond acceptors (Lipinski definition) is 4. The van der Waals surface area contributed by atoms with Crippen molar-refractivity contribution in [3.8, 4) is 5.75 Å². The first-order valence-electron chi connectivity index (χ1n) is 9.97. The van der Waals surface area contributed by atoms with Crippen molar-refractivity contribution >= 4 is 39.2 Å². The van der Waals surface area contributed by atoms with Gasteiger partial charge in [0.05, 0.1) is 5.70 Å². The molecule has 0 saturated carbocycles. The lowest BCUT2D eigenvalue weighted by molar-refractivity contribution is 0.218. The molecular formula is C24H15BrClFN4O. The fourth-order valence-electron chi connectivity index (χ4n) is 4.35. The van der Waals surface area contributed by atoms with Gasteiger partial charge in [-0.2, -0.15) is 10.1 Å². The predicted octanol–water partition coefficient (Wildman–Crippen LogP) is 6.39. The Morgan fingerprint density at radius 1 is 1.06 bits per heavy atom. The van der Waals surface area contributed by atoms with Gasteiger partial charge in [0.2, 0.25) is 5.95 Å². The Bertz CT molecular complexity index is 1390. The summed E-state index contributed by atoms with van der Waals surface area (Å²) in [5.74, 6) is 0.883. The van der Waals surface area contributed by atoms with Gasteiger partial charge < -0.3 is 10.1 Å². The highest BCUT2D eigenvalue weighted by atomic mass is 79.9. The molecule has 1 N–H and O–H groups in total. The summed E-state index contributed by atoms with van der Waals surface area (Å²) in [7, 11) is 0. The van der Waals surface area contributed by atoms with E-state index in [9.17, 15) is 0 Å². The molecule has 0 aliphatic carbocycles. The van der Waals surface area contributed by atoms with Crippen LogP contribution < -0.4 is 10.1 Å². The maximum Gasteiger partial charge on any atom is 0.226 e. The second kappa shape index (κ2) is 7.46. The van der Waals surface area contributed by atoms with E-state index in [1.165, 1.54) is 12.4 Å². The van der Waals surface area contributed by atoms with Gasteiger partial charge in [-0.05, 0) is 42.0 Å². The molecule has 0 fully saturated rings. The minimum Gasteiger partial charge on any atom is -0.480 e. The van der Waals surface area contributed by atoms with E-state index in [4.69, 9.17) is 16.3 Å². The predicted molar refractivity (Wildman–Crippen MR) is 124 cm³/mol. The molecular weight excluding hydrogens is 495 g/mol. The van der Waals surface area contributed by atoms with Crippen LogP contribution in [0.3, 0.4) is 0 Å². The number of benzene rings is 3. The van der Waals surface area contributed by atoms with E-state index in [1.54, 1.807) is 22.9 Å². The molecule has 158 valence electrons. The molecule has 8 heteroatoms. The molecule has 5 nitrogen and oxygen atoms in total. The second-order valence-electron chi connectivity index (χ2n) is 7.60. The minimum absolute atomic E-state index is 0.333. The van der Waals surface area contributed by atoms with Crippen LogP contribution in [-0.4, -0.2) is 14.8 Å². The third-order valence-corrected chi connectivity index (χ3v) is 6.51. The summed E-state index contributed by atoms with van der Waals surface area (Å²) in [4.78, 5) is 4.40. The summed E-state index contributed by atoms with van der Waals surface area (Å²) >= 11 is 9.83. The van der Waals surface area contributed by atoms with E-state index in [2.05, 4.69) is 31.3 Å². The van der Waals surface area contributed by atoms with Crippen molar-refractivity contribution in [1.82, 2.24) is 14.8 Å². The van der Waals surface area contributed by atoms with Gasteiger partial charge in [0, 0.05) is 26.2 Å². The zero-order valence-corrected chi connectivity index (χ0v) is 18.8.